The van der Waals surface area contributed by atoms with Crippen LogP contribution in [0.4, 0.5) is 0 Å². The van der Waals surface area contributed by atoms with E-state index in [1.807, 2.05) is 0 Å². The molecule has 0 aromatic carbocycles. The Balaban J connectivity index is 1.58. The standard InChI is InChI=1S/C15H30N2O/c1-13(2)12-18-10-4-9-17-8-3-7-16-15(11-17)14-5-6-14/h13-16H,3-12H2,1-2H3. The smallest absolute Gasteiger partial charge is 0.0489 e. The second kappa shape index (κ2) is 7.46. The number of hydrogen-bond donors (Lipinski definition) is 1. The van der Waals surface area contributed by atoms with Crippen LogP contribution in [0.1, 0.15) is 39.5 Å². The van der Waals surface area contributed by atoms with Gasteiger partial charge in [0.1, 0.15) is 0 Å². The fourth-order valence-corrected chi connectivity index (χ4v) is 2.75. The summed E-state index contributed by atoms with van der Waals surface area (Å²) in [6, 6.07) is 0.768. The molecule has 2 rings (SSSR count). The molecule has 1 aliphatic heterocycles. The molecule has 1 atom stereocenters. The van der Waals surface area contributed by atoms with Gasteiger partial charge in [-0.1, -0.05) is 13.8 Å². The molecule has 0 radical (unpaired) electrons. The van der Waals surface area contributed by atoms with Crippen molar-refractivity contribution in [2.45, 2.75) is 45.6 Å². The van der Waals surface area contributed by atoms with Crippen LogP contribution in [0.15, 0.2) is 0 Å². The lowest BCUT2D eigenvalue weighted by Gasteiger charge is -2.24. The Hall–Kier alpha value is -0.120. The van der Waals surface area contributed by atoms with Gasteiger partial charge in [0.05, 0.1) is 0 Å². The highest BCUT2D eigenvalue weighted by Gasteiger charge is 2.32. The van der Waals surface area contributed by atoms with Gasteiger partial charge in [-0.25, -0.2) is 0 Å². The topological polar surface area (TPSA) is 24.5 Å². The van der Waals surface area contributed by atoms with E-state index in [-0.39, 0.29) is 0 Å². The van der Waals surface area contributed by atoms with Crippen molar-refractivity contribution in [1.82, 2.24) is 10.2 Å². The van der Waals surface area contributed by atoms with E-state index in [4.69, 9.17) is 4.74 Å². The largest absolute Gasteiger partial charge is 0.381 e. The van der Waals surface area contributed by atoms with Gasteiger partial charge in [-0.05, 0) is 50.6 Å². The van der Waals surface area contributed by atoms with E-state index in [9.17, 15) is 0 Å². The van der Waals surface area contributed by atoms with E-state index in [1.54, 1.807) is 0 Å². The van der Waals surface area contributed by atoms with Crippen molar-refractivity contribution in [3.05, 3.63) is 0 Å². The fraction of sp³-hybridized carbons (Fsp3) is 1.00. The highest BCUT2D eigenvalue weighted by molar-refractivity contribution is 4.89. The average molecular weight is 254 g/mol. The molecule has 0 bridgehead atoms. The highest BCUT2D eigenvalue weighted by atomic mass is 16.5. The van der Waals surface area contributed by atoms with Crippen LogP contribution in [0, 0.1) is 11.8 Å². The molecule has 2 fully saturated rings. The predicted octanol–water partition coefficient (Wildman–Crippen LogP) is 2.12. The number of nitrogens with zero attached hydrogens (tertiary/aromatic N) is 1. The van der Waals surface area contributed by atoms with E-state index >= 15 is 0 Å². The Labute approximate surface area is 112 Å². The Morgan fingerprint density at radius 1 is 1.33 bits per heavy atom. The second-order valence-electron chi connectivity index (χ2n) is 6.37. The van der Waals surface area contributed by atoms with Crippen molar-refractivity contribution in [3.8, 4) is 0 Å². The van der Waals surface area contributed by atoms with Crippen molar-refractivity contribution in [2.24, 2.45) is 11.8 Å². The molecular weight excluding hydrogens is 224 g/mol. The molecule has 3 nitrogen and oxygen atoms in total. The van der Waals surface area contributed by atoms with E-state index in [1.165, 1.54) is 51.9 Å². The van der Waals surface area contributed by atoms with Crippen molar-refractivity contribution in [1.29, 1.82) is 0 Å². The normalized spacial score (nSPS) is 26.5. The third-order valence-electron chi connectivity index (χ3n) is 3.92. The molecule has 0 spiro atoms. The number of rotatable bonds is 7. The van der Waals surface area contributed by atoms with Gasteiger partial charge in [-0.2, -0.15) is 0 Å². The minimum absolute atomic E-state index is 0.659. The van der Waals surface area contributed by atoms with Crippen molar-refractivity contribution >= 4 is 0 Å². The number of hydrogen-bond acceptors (Lipinski definition) is 3. The van der Waals surface area contributed by atoms with Gasteiger partial charge in [0.2, 0.25) is 0 Å². The molecule has 0 amide bonds. The summed E-state index contributed by atoms with van der Waals surface area (Å²) in [5, 5.41) is 3.72. The SMILES string of the molecule is CC(C)COCCCN1CCCNC(C2CC2)C1. The third-order valence-corrected chi connectivity index (χ3v) is 3.92. The molecule has 1 N–H and O–H groups in total. The summed E-state index contributed by atoms with van der Waals surface area (Å²) < 4.78 is 5.66. The summed E-state index contributed by atoms with van der Waals surface area (Å²) in [5.41, 5.74) is 0. The van der Waals surface area contributed by atoms with Gasteiger partial charge < -0.3 is 15.0 Å². The van der Waals surface area contributed by atoms with Gasteiger partial charge in [0, 0.05) is 32.3 Å². The van der Waals surface area contributed by atoms with Crippen LogP contribution in [-0.2, 0) is 4.74 Å². The Morgan fingerprint density at radius 2 is 2.17 bits per heavy atom. The van der Waals surface area contributed by atoms with E-state index in [0.717, 1.165) is 25.2 Å². The van der Waals surface area contributed by atoms with Gasteiger partial charge >= 0.3 is 0 Å². The second-order valence-corrected chi connectivity index (χ2v) is 6.37. The first kappa shape index (κ1) is 14.3. The summed E-state index contributed by atoms with van der Waals surface area (Å²) in [6.45, 7) is 11.2. The minimum atomic E-state index is 0.659. The molecule has 18 heavy (non-hydrogen) atoms. The maximum Gasteiger partial charge on any atom is 0.0489 e. The molecule has 1 heterocycles. The first-order chi connectivity index (χ1) is 8.75. The quantitative estimate of drug-likeness (QED) is 0.704. The summed E-state index contributed by atoms with van der Waals surface area (Å²) in [4.78, 5) is 2.64. The Bertz CT molecular complexity index is 229. The van der Waals surface area contributed by atoms with Gasteiger partial charge in [-0.3, -0.25) is 0 Å². The molecule has 2 aliphatic rings. The molecule has 0 aromatic heterocycles. The maximum absolute atomic E-state index is 5.66. The number of ether oxygens (including phenoxy) is 1. The van der Waals surface area contributed by atoms with Crippen LogP contribution < -0.4 is 5.32 Å². The van der Waals surface area contributed by atoms with Crippen LogP contribution in [0.25, 0.3) is 0 Å². The van der Waals surface area contributed by atoms with Crippen LogP contribution in [0.3, 0.4) is 0 Å². The van der Waals surface area contributed by atoms with E-state index in [0.29, 0.717) is 5.92 Å². The predicted molar refractivity (Wildman–Crippen MR) is 75.8 cm³/mol. The molecular formula is C15H30N2O. The van der Waals surface area contributed by atoms with Crippen molar-refractivity contribution < 1.29 is 4.74 Å². The fourth-order valence-electron chi connectivity index (χ4n) is 2.75. The molecule has 1 saturated carbocycles. The zero-order valence-corrected chi connectivity index (χ0v) is 12.2. The van der Waals surface area contributed by atoms with Crippen LogP contribution in [0.5, 0.6) is 0 Å². The molecule has 1 unspecified atom stereocenters. The number of nitrogens with one attached hydrogen (secondary N) is 1. The average Bonchev–Trinajstić information content (AvgIpc) is 3.15. The molecule has 106 valence electrons. The van der Waals surface area contributed by atoms with Crippen LogP contribution in [-0.4, -0.2) is 50.3 Å². The van der Waals surface area contributed by atoms with E-state index < -0.39 is 0 Å². The summed E-state index contributed by atoms with van der Waals surface area (Å²) in [6.07, 6.45) is 5.38. The Kier molecular flexibility index (Phi) is 5.93. The highest BCUT2D eigenvalue weighted by Crippen LogP contribution is 2.33. The molecule has 0 aromatic rings. The van der Waals surface area contributed by atoms with Gasteiger partial charge in [0.15, 0.2) is 0 Å². The minimum Gasteiger partial charge on any atom is -0.381 e. The molecule has 1 aliphatic carbocycles. The van der Waals surface area contributed by atoms with Crippen LogP contribution in [0.2, 0.25) is 0 Å². The lowest BCUT2D eigenvalue weighted by Crippen LogP contribution is -2.39. The third kappa shape index (κ3) is 5.25. The van der Waals surface area contributed by atoms with Gasteiger partial charge in [0.25, 0.3) is 0 Å². The lowest BCUT2D eigenvalue weighted by molar-refractivity contribution is 0.0987. The van der Waals surface area contributed by atoms with Crippen molar-refractivity contribution in [2.75, 3.05) is 39.4 Å². The first-order valence-corrected chi connectivity index (χ1v) is 7.79. The maximum atomic E-state index is 5.66. The molecule has 3 heteroatoms. The summed E-state index contributed by atoms with van der Waals surface area (Å²) in [7, 11) is 0. The zero-order valence-electron chi connectivity index (χ0n) is 12.2. The summed E-state index contributed by atoms with van der Waals surface area (Å²) >= 11 is 0. The Morgan fingerprint density at radius 3 is 2.89 bits per heavy atom. The zero-order chi connectivity index (χ0) is 12.8. The molecule has 1 saturated heterocycles. The van der Waals surface area contributed by atoms with Crippen LogP contribution >= 0.6 is 0 Å². The lowest BCUT2D eigenvalue weighted by atomic mass is 10.2. The summed E-state index contributed by atoms with van der Waals surface area (Å²) in [5.74, 6) is 1.63. The monoisotopic (exact) mass is 254 g/mol. The van der Waals surface area contributed by atoms with Crippen molar-refractivity contribution in [3.63, 3.8) is 0 Å². The van der Waals surface area contributed by atoms with Gasteiger partial charge in [-0.15, -0.1) is 0 Å². The first-order valence-electron chi connectivity index (χ1n) is 7.79. The van der Waals surface area contributed by atoms with E-state index in [2.05, 4.69) is 24.1 Å².